The Bertz CT molecular complexity index is 605. The Balaban J connectivity index is 1.85. The normalized spacial score (nSPS) is 19.1. The molecular formula is C13H14BrN3O2. The second-order valence-electron chi connectivity index (χ2n) is 4.74. The summed E-state index contributed by atoms with van der Waals surface area (Å²) in [5, 5.41) is 4.18. The third kappa shape index (κ3) is 2.32. The topological polar surface area (TPSA) is 51.3 Å². The van der Waals surface area contributed by atoms with E-state index in [0.29, 0.717) is 10.2 Å². The monoisotopic (exact) mass is 323 g/mol. The summed E-state index contributed by atoms with van der Waals surface area (Å²) in [6.07, 6.45) is 7.30. The lowest BCUT2D eigenvalue weighted by molar-refractivity contribution is 0.0735. The fourth-order valence-corrected chi connectivity index (χ4v) is 2.90. The highest BCUT2D eigenvalue weighted by atomic mass is 79.9. The molecule has 0 bridgehead atoms. The molecular weight excluding hydrogens is 310 g/mol. The summed E-state index contributed by atoms with van der Waals surface area (Å²) in [7, 11) is 1.89. The molecule has 3 rings (SSSR count). The molecule has 1 saturated heterocycles. The lowest BCUT2D eigenvalue weighted by Gasteiger charge is -2.23. The van der Waals surface area contributed by atoms with Crippen molar-refractivity contribution < 1.29 is 9.21 Å². The first kappa shape index (κ1) is 12.5. The standard InChI is InChI=1S/C13H14BrN3O2/c1-16-7-10(6-15-16)11-3-2-4-17(11)13(18)9-5-12(14)19-8-9/h5-8,11H,2-4H2,1H3/t11-/m1/s1. The number of halogens is 1. The molecule has 1 aliphatic heterocycles. The first-order valence-corrected chi connectivity index (χ1v) is 6.98. The maximum Gasteiger partial charge on any atom is 0.257 e. The Morgan fingerprint density at radius 2 is 2.42 bits per heavy atom. The molecule has 1 aliphatic rings. The van der Waals surface area contributed by atoms with Gasteiger partial charge in [0.2, 0.25) is 0 Å². The minimum absolute atomic E-state index is 0.0146. The van der Waals surface area contributed by atoms with Gasteiger partial charge in [0.25, 0.3) is 5.91 Å². The first-order valence-electron chi connectivity index (χ1n) is 6.18. The molecule has 1 atom stereocenters. The highest BCUT2D eigenvalue weighted by Gasteiger charge is 2.31. The van der Waals surface area contributed by atoms with Crippen molar-refractivity contribution in [1.29, 1.82) is 0 Å². The third-order valence-electron chi connectivity index (χ3n) is 3.44. The molecule has 3 heterocycles. The van der Waals surface area contributed by atoms with E-state index in [0.717, 1.165) is 24.9 Å². The van der Waals surface area contributed by atoms with Crippen molar-refractivity contribution in [2.45, 2.75) is 18.9 Å². The summed E-state index contributed by atoms with van der Waals surface area (Å²) in [5.74, 6) is 0.0146. The van der Waals surface area contributed by atoms with Crippen molar-refractivity contribution in [2.75, 3.05) is 6.54 Å². The van der Waals surface area contributed by atoms with E-state index < -0.39 is 0 Å². The Morgan fingerprint density at radius 3 is 3.05 bits per heavy atom. The number of nitrogens with zero attached hydrogens (tertiary/aromatic N) is 3. The number of furan rings is 1. The molecule has 2 aromatic rings. The van der Waals surface area contributed by atoms with Gasteiger partial charge in [0.15, 0.2) is 4.67 Å². The van der Waals surface area contributed by atoms with E-state index in [1.807, 2.05) is 24.3 Å². The summed E-state index contributed by atoms with van der Waals surface area (Å²) in [5.41, 5.74) is 1.68. The van der Waals surface area contributed by atoms with Gasteiger partial charge in [-0.2, -0.15) is 5.10 Å². The predicted octanol–water partition coefficient (Wildman–Crippen LogP) is 2.75. The molecule has 19 heavy (non-hydrogen) atoms. The van der Waals surface area contributed by atoms with Gasteiger partial charge in [-0.1, -0.05) is 0 Å². The highest BCUT2D eigenvalue weighted by Crippen LogP contribution is 2.33. The van der Waals surface area contributed by atoms with Crippen LogP contribution in [-0.2, 0) is 7.05 Å². The number of carbonyl (C=O) groups excluding carboxylic acids is 1. The Labute approximate surface area is 119 Å². The average Bonchev–Trinajstić information content (AvgIpc) is 3.07. The zero-order valence-electron chi connectivity index (χ0n) is 10.5. The van der Waals surface area contributed by atoms with Crippen LogP contribution in [0.25, 0.3) is 0 Å². The van der Waals surface area contributed by atoms with E-state index in [1.54, 1.807) is 10.7 Å². The summed E-state index contributed by atoms with van der Waals surface area (Å²) in [6.45, 7) is 0.779. The second kappa shape index (κ2) is 4.85. The van der Waals surface area contributed by atoms with Gasteiger partial charge in [-0.25, -0.2) is 0 Å². The number of carbonyl (C=O) groups is 1. The lowest BCUT2D eigenvalue weighted by atomic mass is 10.1. The lowest BCUT2D eigenvalue weighted by Crippen LogP contribution is -2.30. The zero-order chi connectivity index (χ0) is 13.4. The van der Waals surface area contributed by atoms with Crippen LogP contribution in [0, 0.1) is 0 Å². The molecule has 2 aromatic heterocycles. The van der Waals surface area contributed by atoms with Gasteiger partial charge in [-0.05, 0) is 28.8 Å². The van der Waals surface area contributed by atoms with Gasteiger partial charge in [-0.3, -0.25) is 9.48 Å². The van der Waals surface area contributed by atoms with Crippen molar-refractivity contribution in [3.8, 4) is 0 Å². The fraction of sp³-hybridized carbons (Fsp3) is 0.385. The molecule has 100 valence electrons. The highest BCUT2D eigenvalue weighted by molar-refractivity contribution is 9.10. The minimum atomic E-state index is 0.0146. The summed E-state index contributed by atoms with van der Waals surface area (Å²) < 4.78 is 7.49. The number of hydrogen-bond acceptors (Lipinski definition) is 3. The van der Waals surface area contributed by atoms with Crippen LogP contribution in [0.2, 0.25) is 0 Å². The average molecular weight is 324 g/mol. The van der Waals surface area contributed by atoms with Crippen molar-refractivity contribution in [3.63, 3.8) is 0 Å². The van der Waals surface area contributed by atoms with Crippen LogP contribution in [0.5, 0.6) is 0 Å². The van der Waals surface area contributed by atoms with Crippen LogP contribution >= 0.6 is 15.9 Å². The van der Waals surface area contributed by atoms with E-state index in [-0.39, 0.29) is 11.9 Å². The summed E-state index contributed by atoms with van der Waals surface area (Å²) >= 11 is 3.22. The second-order valence-corrected chi connectivity index (χ2v) is 5.52. The zero-order valence-corrected chi connectivity index (χ0v) is 12.1. The fourth-order valence-electron chi connectivity index (χ4n) is 2.56. The Kier molecular flexibility index (Phi) is 3.18. The summed E-state index contributed by atoms with van der Waals surface area (Å²) in [6, 6.07) is 1.83. The van der Waals surface area contributed by atoms with Gasteiger partial charge in [0.1, 0.15) is 6.26 Å². The Morgan fingerprint density at radius 1 is 1.58 bits per heavy atom. The first-order chi connectivity index (χ1) is 9.15. The molecule has 1 amide bonds. The minimum Gasteiger partial charge on any atom is -0.457 e. The van der Waals surface area contributed by atoms with Gasteiger partial charge in [-0.15, -0.1) is 0 Å². The van der Waals surface area contributed by atoms with Crippen LogP contribution in [0.1, 0.15) is 34.8 Å². The predicted molar refractivity (Wildman–Crippen MR) is 72.6 cm³/mol. The molecule has 0 radical (unpaired) electrons. The number of rotatable bonds is 2. The van der Waals surface area contributed by atoms with E-state index in [1.165, 1.54) is 6.26 Å². The largest absolute Gasteiger partial charge is 0.457 e. The molecule has 0 unspecified atom stereocenters. The number of aromatic nitrogens is 2. The quantitative estimate of drug-likeness (QED) is 0.853. The third-order valence-corrected chi connectivity index (χ3v) is 3.85. The Hall–Kier alpha value is -1.56. The number of hydrogen-bond donors (Lipinski definition) is 0. The van der Waals surface area contributed by atoms with Gasteiger partial charge in [0, 0.05) is 31.4 Å². The van der Waals surface area contributed by atoms with Crippen LogP contribution in [-0.4, -0.2) is 27.1 Å². The van der Waals surface area contributed by atoms with Gasteiger partial charge in [0.05, 0.1) is 17.8 Å². The molecule has 0 aliphatic carbocycles. The number of aryl methyl sites for hydroxylation is 1. The molecule has 0 aromatic carbocycles. The van der Waals surface area contributed by atoms with Crippen LogP contribution < -0.4 is 0 Å². The van der Waals surface area contributed by atoms with Crippen molar-refractivity contribution in [3.05, 3.63) is 40.5 Å². The molecule has 0 spiro atoms. The summed E-state index contributed by atoms with van der Waals surface area (Å²) in [4.78, 5) is 14.4. The van der Waals surface area contributed by atoms with Crippen molar-refractivity contribution >= 4 is 21.8 Å². The maximum atomic E-state index is 12.5. The molecule has 1 fully saturated rings. The van der Waals surface area contributed by atoms with E-state index >= 15 is 0 Å². The van der Waals surface area contributed by atoms with E-state index in [4.69, 9.17) is 4.42 Å². The van der Waals surface area contributed by atoms with Gasteiger partial charge >= 0.3 is 0 Å². The molecule has 6 heteroatoms. The number of likely N-dealkylation sites (tertiary alicyclic amines) is 1. The number of amides is 1. The van der Waals surface area contributed by atoms with Crippen molar-refractivity contribution in [2.24, 2.45) is 7.05 Å². The van der Waals surface area contributed by atoms with Gasteiger partial charge < -0.3 is 9.32 Å². The molecule has 0 saturated carbocycles. The van der Waals surface area contributed by atoms with Crippen molar-refractivity contribution in [1.82, 2.24) is 14.7 Å². The van der Waals surface area contributed by atoms with Crippen LogP contribution in [0.4, 0.5) is 0 Å². The van der Waals surface area contributed by atoms with Crippen LogP contribution in [0.15, 0.2) is 33.8 Å². The van der Waals surface area contributed by atoms with E-state index in [9.17, 15) is 4.79 Å². The molecule has 5 nitrogen and oxygen atoms in total. The van der Waals surface area contributed by atoms with E-state index in [2.05, 4.69) is 21.0 Å². The van der Waals surface area contributed by atoms with Crippen LogP contribution in [0.3, 0.4) is 0 Å². The smallest absolute Gasteiger partial charge is 0.257 e. The SMILES string of the molecule is Cn1cc([C@H]2CCCN2C(=O)c2coc(Br)c2)cn1. The maximum absolute atomic E-state index is 12.5. The molecule has 0 N–H and O–H groups in total.